The number of non-ortho nitro benzene ring substituents is 2. The molecule has 0 atom stereocenters. The van der Waals surface area contributed by atoms with Crippen molar-refractivity contribution in [3.05, 3.63) is 68.8 Å². The number of nitro benzene ring substituents is 2. The van der Waals surface area contributed by atoms with E-state index in [2.05, 4.69) is 17.0 Å². The summed E-state index contributed by atoms with van der Waals surface area (Å²) in [4.78, 5) is 42.5. The Hall–Kier alpha value is -3.77. The fourth-order valence-electron chi connectivity index (χ4n) is 1.67. The highest BCUT2D eigenvalue weighted by atomic mass is 35.5. The van der Waals surface area contributed by atoms with Gasteiger partial charge < -0.3 is 19.7 Å². The second-order valence-electron chi connectivity index (χ2n) is 5.93. The number of rotatable bonds is 6. The Balaban J connectivity index is 0.000000542. The Kier molecular flexibility index (Phi) is 14.1. The molecule has 0 saturated heterocycles. The van der Waals surface area contributed by atoms with E-state index in [4.69, 9.17) is 16.3 Å². The molecular weight excluding hydrogens is 460 g/mol. The third kappa shape index (κ3) is 12.6. The molecular formula is C20H25ClN4O8. The van der Waals surface area contributed by atoms with Crippen LogP contribution in [0.25, 0.3) is 0 Å². The molecule has 0 aliphatic heterocycles. The summed E-state index contributed by atoms with van der Waals surface area (Å²) in [5.74, 6) is 0.460. The first kappa shape index (κ1) is 29.2. The van der Waals surface area contributed by atoms with Crippen molar-refractivity contribution in [1.82, 2.24) is 10.2 Å². The molecule has 0 aromatic heterocycles. The van der Waals surface area contributed by atoms with Crippen LogP contribution in [0.15, 0.2) is 48.5 Å². The van der Waals surface area contributed by atoms with Crippen LogP contribution in [0.1, 0.15) is 13.8 Å². The lowest BCUT2D eigenvalue weighted by molar-refractivity contribution is -0.385. The zero-order chi connectivity index (χ0) is 25.4. The summed E-state index contributed by atoms with van der Waals surface area (Å²) in [6.45, 7) is 5.49. The van der Waals surface area contributed by atoms with Gasteiger partial charge in [0.1, 0.15) is 11.5 Å². The van der Waals surface area contributed by atoms with E-state index in [1.165, 1.54) is 53.4 Å². The van der Waals surface area contributed by atoms with Crippen molar-refractivity contribution in [2.75, 3.05) is 27.2 Å². The van der Waals surface area contributed by atoms with Crippen molar-refractivity contribution in [3.63, 3.8) is 0 Å². The van der Waals surface area contributed by atoms with Crippen molar-refractivity contribution in [2.45, 2.75) is 13.8 Å². The van der Waals surface area contributed by atoms with E-state index in [0.717, 1.165) is 6.54 Å². The number of amides is 1. The van der Waals surface area contributed by atoms with Crippen molar-refractivity contribution < 1.29 is 28.9 Å². The number of ether oxygens (including phenoxy) is 2. The molecule has 0 bridgehead atoms. The van der Waals surface area contributed by atoms with Gasteiger partial charge >= 0.3 is 11.5 Å². The molecule has 0 radical (unpaired) electrons. The Morgan fingerprint density at radius 1 is 0.909 bits per heavy atom. The topological polar surface area (TPSA) is 154 Å². The number of benzene rings is 2. The van der Waals surface area contributed by atoms with Crippen molar-refractivity contribution >= 4 is 34.5 Å². The molecule has 2 aromatic rings. The molecule has 0 saturated carbocycles. The number of nitro groups is 2. The van der Waals surface area contributed by atoms with Gasteiger partial charge in [-0.3, -0.25) is 20.2 Å². The molecule has 13 heteroatoms. The molecule has 1 amide bonds. The Morgan fingerprint density at radius 3 is 1.55 bits per heavy atom. The van der Waals surface area contributed by atoms with E-state index in [0.29, 0.717) is 6.54 Å². The zero-order valence-electron chi connectivity index (χ0n) is 18.5. The number of hydrogen-bond acceptors (Lipinski definition) is 9. The summed E-state index contributed by atoms with van der Waals surface area (Å²) < 4.78 is 9.42. The van der Waals surface area contributed by atoms with Crippen molar-refractivity contribution in [2.24, 2.45) is 0 Å². The fraction of sp³-hybridized carbons (Fsp3) is 0.300. The molecule has 0 heterocycles. The minimum atomic E-state index is -0.978. The second kappa shape index (κ2) is 15.9. The quantitative estimate of drug-likeness (QED) is 0.351. The summed E-state index contributed by atoms with van der Waals surface area (Å²) in [5.41, 5.74) is -1.09. The molecule has 0 spiro atoms. The minimum Gasteiger partial charge on any atom is -0.414 e. The van der Waals surface area contributed by atoms with Gasteiger partial charge in [0, 0.05) is 49.5 Å². The first-order valence-electron chi connectivity index (χ1n) is 9.49. The van der Waals surface area contributed by atoms with E-state index in [1.807, 2.05) is 14.0 Å². The Morgan fingerprint density at radius 2 is 1.27 bits per heavy atom. The van der Waals surface area contributed by atoms with Gasteiger partial charge in [-0.2, -0.15) is 0 Å². The number of hydrogen-bond donors (Lipinski definition) is 1. The first-order chi connectivity index (χ1) is 15.5. The minimum absolute atomic E-state index is 0.0383. The number of nitrogens with zero attached hydrogens (tertiary/aromatic N) is 3. The molecule has 33 heavy (non-hydrogen) atoms. The van der Waals surface area contributed by atoms with Crippen LogP contribution < -0.4 is 14.8 Å². The molecule has 180 valence electrons. The molecule has 1 N–H and O–H groups in total. The summed E-state index contributed by atoms with van der Waals surface area (Å²) in [6.07, 6.45) is -0.489. The van der Waals surface area contributed by atoms with E-state index >= 15 is 0 Å². The van der Waals surface area contributed by atoms with Crippen molar-refractivity contribution in [3.8, 4) is 11.5 Å². The van der Waals surface area contributed by atoms with Gasteiger partial charge in [-0.15, -0.1) is 0 Å². The maximum atomic E-state index is 11.3. The van der Waals surface area contributed by atoms with Crippen LogP contribution >= 0.6 is 11.6 Å². The highest BCUT2D eigenvalue weighted by Gasteiger charge is 2.10. The number of carbonyl (C=O) groups excluding carboxylic acids is 2. The number of nitrogens with one attached hydrogen (secondary N) is 1. The van der Waals surface area contributed by atoms with E-state index in [1.54, 1.807) is 7.05 Å². The van der Waals surface area contributed by atoms with Crippen LogP contribution in [0.2, 0.25) is 0 Å². The fourth-order valence-corrected chi connectivity index (χ4v) is 1.76. The maximum absolute atomic E-state index is 11.3. The van der Waals surface area contributed by atoms with Gasteiger partial charge in [-0.1, -0.05) is 6.92 Å². The average molecular weight is 485 g/mol. The predicted molar refractivity (Wildman–Crippen MR) is 122 cm³/mol. The third-order valence-electron chi connectivity index (χ3n) is 3.64. The lowest BCUT2D eigenvalue weighted by Gasteiger charge is -2.13. The largest absolute Gasteiger partial charge is 0.414 e. The molecule has 0 fully saturated rings. The highest BCUT2D eigenvalue weighted by molar-refractivity contribution is 6.61. The molecule has 2 aromatic carbocycles. The standard InChI is InChI=1S/C10H12N2O4.C7H4ClNO4.C3H9N/c1-3-11(2)10(13)16-9-6-4-8(5-7-9)12(14)15;8-7(10)13-6-3-1-5(2-4-6)9(11)12;1-3-4-2/h4-7H,3H2,1-2H3;1-4H;4H,3H2,1-2H3. The van der Waals surface area contributed by atoms with Crippen LogP contribution in [0, 0.1) is 20.2 Å². The maximum Gasteiger partial charge on any atom is 0.414 e. The normalized spacial score (nSPS) is 9.24. The summed E-state index contributed by atoms with van der Waals surface area (Å²) in [7, 11) is 3.54. The smallest absolute Gasteiger partial charge is 0.414 e. The van der Waals surface area contributed by atoms with Gasteiger partial charge in [-0.05, 0) is 44.8 Å². The van der Waals surface area contributed by atoms with Gasteiger partial charge in [0.05, 0.1) is 9.85 Å². The van der Waals surface area contributed by atoms with Crippen LogP contribution in [0.5, 0.6) is 11.5 Å². The summed E-state index contributed by atoms with van der Waals surface area (Å²) >= 11 is 4.92. The zero-order valence-corrected chi connectivity index (χ0v) is 19.3. The molecule has 0 unspecified atom stereocenters. The molecule has 2 rings (SSSR count). The second-order valence-corrected chi connectivity index (χ2v) is 6.24. The van der Waals surface area contributed by atoms with Crippen LogP contribution in [0.3, 0.4) is 0 Å². The van der Waals surface area contributed by atoms with Gasteiger partial charge in [0.2, 0.25) is 0 Å². The Labute approximate surface area is 195 Å². The Bertz CT molecular complexity index is 905. The SMILES string of the molecule is CCN(C)C(=O)Oc1ccc([N+](=O)[O-])cc1.CCNC.O=C(Cl)Oc1ccc([N+](=O)[O-])cc1. The van der Waals surface area contributed by atoms with Crippen LogP contribution in [-0.4, -0.2) is 53.5 Å². The molecule has 0 aliphatic carbocycles. The van der Waals surface area contributed by atoms with Crippen molar-refractivity contribution in [1.29, 1.82) is 0 Å². The molecule has 0 aliphatic rings. The number of carbonyl (C=O) groups is 2. The van der Waals surface area contributed by atoms with E-state index in [9.17, 15) is 29.8 Å². The van der Waals surface area contributed by atoms with E-state index < -0.39 is 21.4 Å². The van der Waals surface area contributed by atoms with E-state index in [-0.39, 0.29) is 22.9 Å². The highest BCUT2D eigenvalue weighted by Crippen LogP contribution is 2.18. The van der Waals surface area contributed by atoms with Gasteiger partial charge in [-0.25, -0.2) is 9.59 Å². The molecule has 12 nitrogen and oxygen atoms in total. The summed E-state index contributed by atoms with van der Waals surface area (Å²) in [5, 5.41) is 23.5. The van der Waals surface area contributed by atoms with Gasteiger partial charge in [0.15, 0.2) is 0 Å². The lowest BCUT2D eigenvalue weighted by Crippen LogP contribution is -2.29. The third-order valence-corrected chi connectivity index (χ3v) is 3.72. The summed E-state index contributed by atoms with van der Waals surface area (Å²) in [6, 6.07) is 10.4. The monoisotopic (exact) mass is 484 g/mol. The van der Waals surface area contributed by atoms with Crippen LogP contribution in [-0.2, 0) is 0 Å². The van der Waals surface area contributed by atoms with Gasteiger partial charge in [0.25, 0.3) is 11.4 Å². The average Bonchev–Trinajstić information content (AvgIpc) is 2.79. The van der Waals surface area contributed by atoms with Crippen LogP contribution in [0.4, 0.5) is 21.0 Å². The lowest BCUT2D eigenvalue weighted by atomic mass is 10.3. The predicted octanol–water partition coefficient (Wildman–Crippen LogP) is 4.60. The number of halogens is 1. The first-order valence-corrected chi connectivity index (χ1v) is 9.87.